The van der Waals surface area contributed by atoms with Gasteiger partial charge in [0.15, 0.2) is 11.5 Å². The number of alkyl halides is 3. The van der Waals surface area contributed by atoms with E-state index in [9.17, 15) is 13.2 Å². The molecular formula is C15H9BrF3N5. The summed E-state index contributed by atoms with van der Waals surface area (Å²) >= 11 is 3.37. The molecule has 4 aromatic heterocycles. The Hall–Kier alpha value is -2.42. The highest BCUT2D eigenvalue weighted by molar-refractivity contribution is 9.10. The Bertz CT molecular complexity index is 1080. The van der Waals surface area contributed by atoms with E-state index in [1.54, 1.807) is 22.3 Å². The fourth-order valence-corrected chi connectivity index (χ4v) is 2.86. The molecule has 0 unspecified atom stereocenters. The Morgan fingerprint density at radius 3 is 2.71 bits per heavy atom. The van der Waals surface area contributed by atoms with Crippen LogP contribution in [0.2, 0.25) is 0 Å². The lowest BCUT2D eigenvalue weighted by atomic mass is 10.2. The number of hydrogen-bond acceptors (Lipinski definition) is 3. The van der Waals surface area contributed by atoms with E-state index < -0.39 is 11.7 Å². The monoisotopic (exact) mass is 395 g/mol. The van der Waals surface area contributed by atoms with Gasteiger partial charge in [0.05, 0.1) is 11.1 Å². The maximum absolute atomic E-state index is 12.8. The predicted octanol–water partition coefficient (Wildman–Crippen LogP) is 4.06. The topological polar surface area (TPSA) is 48.0 Å². The first-order chi connectivity index (χ1) is 11.3. The highest BCUT2D eigenvalue weighted by Crippen LogP contribution is 2.31. The first kappa shape index (κ1) is 15.1. The zero-order valence-corrected chi connectivity index (χ0v) is 13.8. The first-order valence-corrected chi connectivity index (χ1v) is 7.67. The molecule has 4 heterocycles. The molecule has 0 N–H and O–H groups in total. The lowest BCUT2D eigenvalue weighted by molar-refractivity contribution is -0.137. The summed E-state index contributed by atoms with van der Waals surface area (Å²) in [6.45, 7) is 0. The predicted molar refractivity (Wildman–Crippen MR) is 85.4 cm³/mol. The van der Waals surface area contributed by atoms with E-state index in [2.05, 4.69) is 31.0 Å². The lowest BCUT2D eigenvalue weighted by Crippen LogP contribution is -2.05. The van der Waals surface area contributed by atoms with E-state index in [-0.39, 0.29) is 5.52 Å². The largest absolute Gasteiger partial charge is 0.417 e. The molecule has 0 bridgehead atoms. The SMILES string of the molecule is Cn1c(-c2cc3ccc(Br)cn3n2)nc2cc(C(F)(F)F)cnc21. The Balaban J connectivity index is 1.90. The third-order valence-corrected chi connectivity index (χ3v) is 4.16. The molecule has 0 aliphatic heterocycles. The maximum Gasteiger partial charge on any atom is 0.417 e. The molecule has 4 rings (SSSR count). The minimum atomic E-state index is -4.45. The van der Waals surface area contributed by atoms with Gasteiger partial charge in [-0.1, -0.05) is 0 Å². The second-order valence-corrected chi connectivity index (χ2v) is 6.22. The zero-order valence-electron chi connectivity index (χ0n) is 12.2. The molecule has 24 heavy (non-hydrogen) atoms. The summed E-state index contributed by atoms with van der Waals surface area (Å²) in [7, 11) is 1.70. The van der Waals surface area contributed by atoms with Crippen molar-refractivity contribution in [1.82, 2.24) is 24.1 Å². The van der Waals surface area contributed by atoms with Crippen LogP contribution in [-0.4, -0.2) is 24.1 Å². The molecule has 0 aliphatic rings. The van der Waals surface area contributed by atoms with Crippen LogP contribution >= 0.6 is 15.9 Å². The van der Waals surface area contributed by atoms with E-state index in [4.69, 9.17) is 0 Å². The van der Waals surface area contributed by atoms with Gasteiger partial charge in [0, 0.05) is 23.9 Å². The minimum Gasteiger partial charge on any atom is -0.310 e. The zero-order chi connectivity index (χ0) is 17.1. The molecule has 5 nitrogen and oxygen atoms in total. The standard InChI is InChI=1S/C15H9BrF3N5/c1-23-13-11(4-8(6-20-13)15(17,18)19)21-14(23)12-5-10-3-2-9(16)7-24(10)22-12/h2-7H,1H3. The average molecular weight is 396 g/mol. The highest BCUT2D eigenvalue weighted by atomic mass is 79.9. The van der Waals surface area contributed by atoms with Crippen molar-refractivity contribution in [3.63, 3.8) is 0 Å². The van der Waals surface area contributed by atoms with Gasteiger partial charge in [-0.25, -0.2) is 14.5 Å². The van der Waals surface area contributed by atoms with Crippen LogP contribution in [0.25, 0.3) is 28.2 Å². The third-order valence-electron chi connectivity index (χ3n) is 3.69. The number of nitrogens with zero attached hydrogens (tertiary/aromatic N) is 5. The van der Waals surface area contributed by atoms with Gasteiger partial charge in [0.2, 0.25) is 0 Å². The smallest absolute Gasteiger partial charge is 0.310 e. The molecule has 0 aromatic carbocycles. The Morgan fingerprint density at radius 1 is 1.17 bits per heavy atom. The summed E-state index contributed by atoms with van der Waals surface area (Å²) in [6.07, 6.45) is -1.84. The highest BCUT2D eigenvalue weighted by Gasteiger charge is 2.31. The van der Waals surface area contributed by atoms with Crippen molar-refractivity contribution in [3.8, 4) is 11.5 Å². The molecule has 4 aromatic rings. The van der Waals surface area contributed by atoms with Crippen LogP contribution < -0.4 is 0 Å². The van der Waals surface area contributed by atoms with Gasteiger partial charge in [0.1, 0.15) is 11.2 Å². The van der Waals surface area contributed by atoms with E-state index in [0.717, 1.165) is 22.3 Å². The molecule has 0 saturated carbocycles. The number of aryl methyl sites for hydroxylation is 1. The van der Waals surface area contributed by atoms with E-state index in [0.29, 0.717) is 17.2 Å². The molecular weight excluding hydrogens is 387 g/mol. The number of rotatable bonds is 1. The minimum absolute atomic E-state index is 0.181. The average Bonchev–Trinajstić information content (AvgIpc) is 3.07. The number of halogens is 4. The lowest BCUT2D eigenvalue weighted by Gasteiger charge is -2.05. The summed E-state index contributed by atoms with van der Waals surface area (Å²) in [5, 5.41) is 4.42. The Morgan fingerprint density at radius 2 is 1.96 bits per heavy atom. The van der Waals surface area contributed by atoms with Crippen molar-refractivity contribution in [2.45, 2.75) is 6.18 Å². The van der Waals surface area contributed by atoms with Crippen LogP contribution in [0.15, 0.2) is 41.1 Å². The van der Waals surface area contributed by atoms with Crippen LogP contribution in [0.4, 0.5) is 13.2 Å². The number of imidazole rings is 1. The number of aromatic nitrogens is 5. The number of fused-ring (bicyclic) bond motifs is 2. The van der Waals surface area contributed by atoms with Gasteiger partial charge in [-0.05, 0) is 40.2 Å². The van der Waals surface area contributed by atoms with Crippen LogP contribution in [-0.2, 0) is 13.2 Å². The summed E-state index contributed by atoms with van der Waals surface area (Å²) in [5.74, 6) is 0.455. The normalized spacial score (nSPS) is 12.4. The van der Waals surface area contributed by atoms with Gasteiger partial charge < -0.3 is 4.57 Å². The van der Waals surface area contributed by atoms with Crippen molar-refractivity contribution in [2.75, 3.05) is 0 Å². The fourth-order valence-electron chi connectivity index (χ4n) is 2.53. The fraction of sp³-hybridized carbons (Fsp3) is 0.133. The summed E-state index contributed by atoms with van der Waals surface area (Å²) in [5.41, 5.74) is 1.14. The summed E-state index contributed by atoms with van der Waals surface area (Å²) in [6, 6.07) is 6.58. The van der Waals surface area contributed by atoms with Gasteiger partial charge in [-0.2, -0.15) is 18.3 Å². The molecule has 0 spiro atoms. The Labute approximate surface area is 141 Å². The van der Waals surface area contributed by atoms with Gasteiger partial charge in [-0.15, -0.1) is 0 Å². The van der Waals surface area contributed by atoms with Gasteiger partial charge >= 0.3 is 6.18 Å². The Kier molecular flexibility index (Phi) is 3.17. The van der Waals surface area contributed by atoms with Crippen molar-refractivity contribution in [2.24, 2.45) is 7.05 Å². The summed E-state index contributed by atoms with van der Waals surface area (Å²) < 4.78 is 42.7. The molecule has 0 radical (unpaired) electrons. The van der Waals surface area contributed by atoms with Crippen molar-refractivity contribution in [3.05, 3.63) is 46.7 Å². The number of pyridine rings is 2. The van der Waals surface area contributed by atoms with E-state index in [1.807, 2.05) is 18.2 Å². The second kappa shape index (κ2) is 5.04. The number of hydrogen-bond donors (Lipinski definition) is 0. The molecule has 0 aliphatic carbocycles. The molecule has 0 amide bonds. The van der Waals surface area contributed by atoms with Crippen LogP contribution in [0.3, 0.4) is 0 Å². The summed E-state index contributed by atoms with van der Waals surface area (Å²) in [4.78, 5) is 8.19. The van der Waals surface area contributed by atoms with Gasteiger partial charge in [-0.3, -0.25) is 0 Å². The molecule has 0 saturated heterocycles. The molecule has 122 valence electrons. The van der Waals surface area contributed by atoms with Crippen LogP contribution in [0, 0.1) is 0 Å². The molecule has 0 fully saturated rings. The van der Waals surface area contributed by atoms with Crippen LogP contribution in [0.1, 0.15) is 5.56 Å². The molecule has 0 atom stereocenters. The van der Waals surface area contributed by atoms with Crippen molar-refractivity contribution >= 4 is 32.6 Å². The van der Waals surface area contributed by atoms with Crippen molar-refractivity contribution < 1.29 is 13.2 Å². The first-order valence-electron chi connectivity index (χ1n) is 6.88. The van der Waals surface area contributed by atoms with E-state index >= 15 is 0 Å². The third kappa shape index (κ3) is 2.35. The van der Waals surface area contributed by atoms with Crippen LogP contribution in [0.5, 0.6) is 0 Å². The maximum atomic E-state index is 12.8. The second-order valence-electron chi connectivity index (χ2n) is 5.31. The van der Waals surface area contributed by atoms with Crippen molar-refractivity contribution in [1.29, 1.82) is 0 Å². The van der Waals surface area contributed by atoms with E-state index in [1.165, 1.54) is 0 Å². The quantitative estimate of drug-likeness (QED) is 0.488. The van der Waals surface area contributed by atoms with Gasteiger partial charge in [0.25, 0.3) is 0 Å². The molecule has 9 heteroatoms.